The second-order valence-corrected chi connectivity index (χ2v) is 5.37. The molecule has 24 heavy (non-hydrogen) atoms. The molecule has 9 N–H and O–H groups in total. The fraction of sp³-hybridized carbons (Fsp3) is 0.917. The van der Waals surface area contributed by atoms with Crippen LogP contribution in [0.4, 0.5) is 0 Å². The third-order valence-corrected chi connectivity index (χ3v) is 3.57. The van der Waals surface area contributed by atoms with Gasteiger partial charge in [-0.3, -0.25) is 0 Å². The summed E-state index contributed by atoms with van der Waals surface area (Å²) in [5, 5.41) is 84.0. The Balaban J connectivity index is 2.63. The van der Waals surface area contributed by atoms with Gasteiger partial charge in [-0.2, -0.15) is 0 Å². The van der Waals surface area contributed by atoms with Crippen LogP contribution in [0.1, 0.15) is 0 Å². The minimum atomic E-state index is -1.93. The van der Waals surface area contributed by atoms with Crippen molar-refractivity contribution in [1.82, 2.24) is 0 Å². The average Bonchev–Trinajstić information content (AvgIpc) is 2.56. The molecule has 9 atom stereocenters. The van der Waals surface area contributed by atoms with Gasteiger partial charge in [0.15, 0.2) is 12.4 Å². The Morgan fingerprint density at radius 2 is 1.50 bits per heavy atom. The van der Waals surface area contributed by atoms with E-state index in [9.17, 15) is 35.4 Å². The number of rotatable bonds is 8. The highest BCUT2D eigenvalue weighted by atomic mass is 16.7. The van der Waals surface area contributed by atoms with Gasteiger partial charge in [0.2, 0.25) is 0 Å². The SMILES string of the molecule is O=C(O)[C@H]1O[C@H](OC[C@@H](O)[C@@H](O)[C@H](O)[C@H](O)CO)[C@H](O)[C@@H](O)[C@@H]1O. The number of carboxylic acids is 1. The Labute approximate surface area is 135 Å². The van der Waals surface area contributed by atoms with Gasteiger partial charge in [0.1, 0.15) is 42.7 Å². The van der Waals surface area contributed by atoms with E-state index < -0.39 is 74.3 Å². The maximum atomic E-state index is 10.9. The molecule has 0 bridgehead atoms. The third-order valence-electron chi connectivity index (χ3n) is 3.57. The molecular formula is C12H22O12. The van der Waals surface area contributed by atoms with Gasteiger partial charge in [-0.1, -0.05) is 0 Å². The Morgan fingerprint density at radius 1 is 0.958 bits per heavy atom. The summed E-state index contributed by atoms with van der Waals surface area (Å²) in [6.07, 6.45) is -16.6. The van der Waals surface area contributed by atoms with E-state index in [4.69, 9.17) is 24.8 Å². The number of aliphatic hydroxyl groups is 8. The van der Waals surface area contributed by atoms with Gasteiger partial charge in [-0.15, -0.1) is 0 Å². The van der Waals surface area contributed by atoms with Gasteiger partial charge in [-0.05, 0) is 0 Å². The molecule has 0 aliphatic carbocycles. The van der Waals surface area contributed by atoms with Crippen LogP contribution in [0.25, 0.3) is 0 Å². The molecule has 1 saturated heterocycles. The fourth-order valence-electron chi connectivity index (χ4n) is 2.04. The fourth-order valence-corrected chi connectivity index (χ4v) is 2.04. The van der Waals surface area contributed by atoms with Crippen molar-refractivity contribution in [3.05, 3.63) is 0 Å². The summed E-state index contributed by atoms with van der Waals surface area (Å²) in [7, 11) is 0. The molecule has 0 aromatic rings. The molecule has 142 valence electrons. The molecule has 1 aliphatic heterocycles. The maximum absolute atomic E-state index is 10.9. The molecule has 0 aromatic heterocycles. The van der Waals surface area contributed by atoms with Crippen molar-refractivity contribution in [3.63, 3.8) is 0 Å². The maximum Gasteiger partial charge on any atom is 0.335 e. The Bertz CT molecular complexity index is 405. The Morgan fingerprint density at radius 3 is 2.00 bits per heavy atom. The summed E-state index contributed by atoms with van der Waals surface area (Å²) in [6, 6.07) is 0. The summed E-state index contributed by atoms with van der Waals surface area (Å²) in [6.45, 7) is -1.66. The molecule has 1 heterocycles. The van der Waals surface area contributed by atoms with Crippen molar-refractivity contribution in [3.8, 4) is 0 Å². The minimum absolute atomic E-state index is 0.784. The molecule has 0 amide bonds. The standard InChI is InChI=1S/C12H22O12/c13-1-3(14)5(16)6(17)4(15)2-23-12-9(20)7(18)8(19)10(24-12)11(21)22/h3-10,12-20H,1-2H2,(H,21,22)/t3-,4-,5-,6-,7+,8+,9-,10+,12+/m1/s1. The highest BCUT2D eigenvalue weighted by molar-refractivity contribution is 5.73. The number of aliphatic hydroxyl groups excluding tert-OH is 8. The van der Waals surface area contributed by atoms with E-state index >= 15 is 0 Å². The normalized spacial score (nSPS) is 35.9. The van der Waals surface area contributed by atoms with Crippen LogP contribution < -0.4 is 0 Å². The van der Waals surface area contributed by atoms with E-state index in [2.05, 4.69) is 0 Å². The van der Waals surface area contributed by atoms with Gasteiger partial charge >= 0.3 is 5.97 Å². The van der Waals surface area contributed by atoms with E-state index in [1.807, 2.05) is 0 Å². The first-order valence-electron chi connectivity index (χ1n) is 6.99. The molecule has 1 fully saturated rings. The van der Waals surface area contributed by atoms with Crippen molar-refractivity contribution in [2.45, 2.75) is 55.1 Å². The Kier molecular flexibility index (Phi) is 7.88. The van der Waals surface area contributed by atoms with Gasteiger partial charge in [0.25, 0.3) is 0 Å². The second kappa shape index (κ2) is 8.96. The number of hydrogen-bond donors (Lipinski definition) is 9. The second-order valence-electron chi connectivity index (χ2n) is 5.37. The van der Waals surface area contributed by atoms with Crippen molar-refractivity contribution in [2.24, 2.45) is 0 Å². The number of aliphatic carboxylic acids is 1. The first-order chi connectivity index (χ1) is 11.1. The van der Waals surface area contributed by atoms with Crippen LogP contribution in [0.5, 0.6) is 0 Å². The third kappa shape index (κ3) is 4.80. The summed E-state index contributed by atoms with van der Waals surface area (Å²) < 4.78 is 9.64. The van der Waals surface area contributed by atoms with Crippen molar-refractivity contribution < 1.29 is 60.2 Å². The zero-order valence-electron chi connectivity index (χ0n) is 12.4. The molecule has 0 unspecified atom stereocenters. The van der Waals surface area contributed by atoms with Crippen LogP contribution in [0.3, 0.4) is 0 Å². The first-order valence-corrected chi connectivity index (χ1v) is 6.99. The number of hydrogen-bond acceptors (Lipinski definition) is 11. The van der Waals surface area contributed by atoms with E-state index in [1.165, 1.54) is 0 Å². The minimum Gasteiger partial charge on any atom is -0.479 e. The smallest absolute Gasteiger partial charge is 0.335 e. The lowest BCUT2D eigenvalue weighted by atomic mass is 9.99. The summed E-state index contributed by atoms with van der Waals surface area (Å²) in [4.78, 5) is 10.9. The molecule has 1 aliphatic rings. The Hall–Kier alpha value is -0.930. The van der Waals surface area contributed by atoms with Crippen molar-refractivity contribution in [1.29, 1.82) is 0 Å². The topological polar surface area (TPSA) is 218 Å². The summed E-state index contributed by atoms with van der Waals surface area (Å²) in [5.74, 6) is -1.62. The molecular weight excluding hydrogens is 336 g/mol. The lowest BCUT2D eigenvalue weighted by molar-refractivity contribution is -0.300. The highest BCUT2D eigenvalue weighted by Gasteiger charge is 2.47. The van der Waals surface area contributed by atoms with E-state index in [0.29, 0.717) is 0 Å². The van der Waals surface area contributed by atoms with Crippen LogP contribution in [-0.4, -0.2) is 120 Å². The largest absolute Gasteiger partial charge is 0.479 e. The van der Waals surface area contributed by atoms with Crippen LogP contribution in [-0.2, 0) is 14.3 Å². The number of ether oxygens (including phenoxy) is 2. The van der Waals surface area contributed by atoms with Crippen LogP contribution >= 0.6 is 0 Å². The molecule has 12 nitrogen and oxygen atoms in total. The van der Waals surface area contributed by atoms with E-state index in [1.54, 1.807) is 0 Å². The zero-order chi connectivity index (χ0) is 18.6. The van der Waals surface area contributed by atoms with Crippen LogP contribution in [0.2, 0.25) is 0 Å². The molecule has 0 radical (unpaired) electrons. The predicted octanol–water partition coefficient (Wildman–Crippen LogP) is -5.67. The predicted molar refractivity (Wildman–Crippen MR) is 71.4 cm³/mol. The monoisotopic (exact) mass is 358 g/mol. The van der Waals surface area contributed by atoms with Crippen LogP contribution in [0, 0.1) is 0 Å². The van der Waals surface area contributed by atoms with Gasteiger partial charge in [0.05, 0.1) is 13.2 Å². The van der Waals surface area contributed by atoms with Crippen molar-refractivity contribution in [2.75, 3.05) is 13.2 Å². The quantitative estimate of drug-likeness (QED) is 0.198. The first kappa shape index (κ1) is 21.1. The molecule has 1 rings (SSSR count). The zero-order valence-corrected chi connectivity index (χ0v) is 12.4. The average molecular weight is 358 g/mol. The number of carboxylic acid groups (broad SMARTS) is 1. The lowest BCUT2D eigenvalue weighted by Gasteiger charge is -2.38. The van der Waals surface area contributed by atoms with Gasteiger partial charge < -0.3 is 55.4 Å². The van der Waals surface area contributed by atoms with E-state index in [0.717, 1.165) is 0 Å². The molecule has 0 spiro atoms. The van der Waals surface area contributed by atoms with Crippen molar-refractivity contribution >= 4 is 5.97 Å². The van der Waals surface area contributed by atoms with Gasteiger partial charge in [-0.25, -0.2) is 4.79 Å². The molecule has 0 saturated carbocycles. The van der Waals surface area contributed by atoms with Gasteiger partial charge in [0, 0.05) is 0 Å². The van der Waals surface area contributed by atoms with E-state index in [-0.39, 0.29) is 0 Å². The highest BCUT2D eigenvalue weighted by Crippen LogP contribution is 2.22. The lowest BCUT2D eigenvalue weighted by Crippen LogP contribution is -2.60. The molecule has 12 heteroatoms. The summed E-state index contributed by atoms with van der Waals surface area (Å²) >= 11 is 0. The molecule has 0 aromatic carbocycles. The summed E-state index contributed by atoms with van der Waals surface area (Å²) in [5.41, 5.74) is 0. The van der Waals surface area contributed by atoms with Crippen LogP contribution in [0.15, 0.2) is 0 Å². The number of carbonyl (C=O) groups is 1.